The van der Waals surface area contributed by atoms with E-state index in [1.807, 2.05) is 11.0 Å². The molecule has 3 aliphatic rings. The van der Waals surface area contributed by atoms with Crippen molar-refractivity contribution in [1.29, 1.82) is 0 Å². The van der Waals surface area contributed by atoms with Crippen molar-refractivity contribution in [1.82, 2.24) is 15.2 Å². The van der Waals surface area contributed by atoms with E-state index in [4.69, 9.17) is 5.10 Å². The molecule has 0 bridgehead atoms. The molecule has 0 saturated heterocycles. The van der Waals surface area contributed by atoms with Gasteiger partial charge in [0.15, 0.2) is 0 Å². The maximum absolute atomic E-state index is 13.7. The van der Waals surface area contributed by atoms with Gasteiger partial charge in [0, 0.05) is 60.9 Å². The van der Waals surface area contributed by atoms with Crippen LogP contribution in [0.5, 0.6) is 0 Å². The molecular weight excluding hydrogens is 504 g/mol. The van der Waals surface area contributed by atoms with E-state index in [0.29, 0.717) is 30.0 Å². The first kappa shape index (κ1) is 25.2. The number of carbonyl (C=O) groups excluding carboxylic acids is 1. The van der Waals surface area contributed by atoms with Crippen molar-refractivity contribution < 1.29 is 13.6 Å². The Morgan fingerprint density at radius 2 is 1.85 bits per heavy atom. The summed E-state index contributed by atoms with van der Waals surface area (Å²) in [6.07, 6.45) is 6.61. The quantitative estimate of drug-likeness (QED) is 0.508. The molecule has 0 radical (unpaired) electrons. The third-order valence-corrected chi connectivity index (χ3v) is 8.10. The van der Waals surface area contributed by atoms with E-state index in [0.717, 1.165) is 55.7 Å². The molecule has 1 atom stereocenters. The molecule has 9 heteroatoms. The van der Waals surface area contributed by atoms with Crippen LogP contribution in [0.4, 0.5) is 19.3 Å². The number of aryl methyl sites for hydroxylation is 1. The van der Waals surface area contributed by atoms with Gasteiger partial charge in [-0.3, -0.25) is 5.01 Å². The predicted molar refractivity (Wildman–Crippen MR) is 136 cm³/mol. The number of hydrogen-bond acceptors (Lipinski definition) is 4. The van der Waals surface area contributed by atoms with Gasteiger partial charge >= 0.3 is 6.03 Å². The van der Waals surface area contributed by atoms with Crippen molar-refractivity contribution in [2.45, 2.75) is 83.2 Å². The number of amidine groups is 1. The molecule has 1 aromatic carbocycles. The summed E-state index contributed by atoms with van der Waals surface area (Å²) in [7, 11) is 1.66. The Morgan fingerprint density at radius 1 is 1.09 bits per heavy atom. The predicted octanol–water partition coefficient (Wildman–Crippen LogP) is 5.91. The zero-order valence-corrected chi connectivity index (χ0v) is 21.8. The topological polar surface area (TPSA) is 51.2 Å². The third kappa shape index (κ3) is 5.50. The van der Waals surface area contributed by atoms with E-state index < -0.39 is 6.43 Å². The van der Waals surface area contributed by atoms with Crippen molar-refractivity contribution >= 4 is 33.5 Å². The van der Waals surface area contributed by atoms with Gasteiger partial charge in [-0.1, -0.05) is 35.2 Å². The maximum Gasteiger partial charge on any atom is 0.317 e. The van der Waals surface area contributed by atoms with Crippen LogP contribution in [-0.2, 0) is 6.42 Å². The molecule has 1 fully saturated rings. The summed E-state index contributed by atoms with van der Waals surface area (Å²) >= 11 is 3.34. The summed E-state index contributed by atoms with van der Waals surface area (Å²) in [6, 6.07) is 3.96. The second kappa shape index (κ2) is 11.2. The lowest BCUT2D eigenvalue weighted by molar-refractivity contribution is 0.107. The summed E-state index contributed by atoms with van der Waals surface area (Å²) in [6.45, 7) is 4.15. The average molecular weight is 540 g/mol. The average Bonchev–Trinajstić information content (AvgIpc) is 2.92. The first-order valence-corrected chi connectivity index (χ1v) is 13.4. The lowest BCUT2D eigenvalue weighted by atomic mass is 9.94. The van der Waals surface area contributed by atoms with Gasteiger partial charge in [-0.15, -0.1) is 0 Å². The smallest absolute Gasteiger partial charge is 0.317 e. The van der Waals surface area contributed by atoms with E-state index in [2.05, 4.69) is 38.1 Å². The minimum atomic E-state index is -2.55. The van der Waals surface area contributed by atoms with Crippen LogP contribution >= 0.6 is 15.9 Å². The largest absolute Gasteiger partial charge is 0.341 e. The van der Waals surface area contributed by atoms with Crippen molar-refractivity contribution in [3.63, 3.8) is 0 Å². The van der Waals surface area contributed by atoms with Crippen molar-refractivity contribution in [3.05, 3.63) is 27.7 Å². The minimum Gasteiger partial charge on any atom is -0.341 e. The molecule has 0 aromatic heterocycles. The van der Waals surface area contributed by atoms with Gasteiger partial charge < -0.3 is 15.1 Å². The molecule has 2 aliphatic heterocycles. The first-order valence-electron chi connectivity index (χ1n) is 12.6. The van der Waals surface area contributed by atoms with Crippen molar-refractivity contribution in [2.75, 3.05) is 31.6 Å². The zero-order chi connectivity index (χ0) is 24.2. The summed E-state index contributed by atoms with van der Waals surface area (Å²) in [4.78, 5) is 16.5. The van der Waals surface area contributed by atoms with Crippen LogP contribution in [-0.4, -0.2) is 60.5 Å². The first-order chi connectivity index (χ1) is 16.4. The van der Waals surface area contributed by atoms with Crippen molar-refractivity contribution in [2.24, 2.45) is 5.10 Å². The molecule has 1 unspecified atom stereocenters. The standard InChI is InChI=1S/C25H36BrF2N5O/c1-17-10-13-31(25(34)29-2)14-11-23(30-33(17)19-8-4-3-5-9-19)32-12-6-7-18-15-21(26)20(24(27)28)16-22(18)32/h15-17,19,24H,3-14H2,1-2H3,(H,29,34)/b30-23+. The van der Waals surface area contributed by atoms with Crippen LogP contribution < -0.4 is 10.2 Å². The Kier molecular flexibility index (Phi) is 8.32. The van der Waals surface area contributed by atoms with E-state index in [1.54, 1.807) is 13.1 Å². The lowest BCUT2D eigenvalue weighted by Crippen LogP contribution is -2.43. The molecule has 0 spiro atoms. The van der Waals surface area contributed by atoms with E-state index in [9.17, 15) is 13.6 Å². The molecular formula is C25H36BrF2N5O. The van der Waals surface area contributed by atoms with Crippen LogP contribution in [0, 0.1) is 0 Å². The van der Waals surface area contributed by atoms with Gasteiger partial charge in [0.2, 0.25) is 0 Å². The second-order valence-corrected chi connectivity index (χ2v) is 10.5. The third-order valence-electron chi connectivity index (χ3n) is 7.42. The van der Waals surface area contributed by atoms with E-state index in [1.165, 1.54) is 19.3 Å². The number of urea groups is 1. The molecule has 6 nitrogen and oxygen atoms in total. The number of nitrogens with one attached hydrogen (secondary N) is 1. The highest BCUT2D eigenvalue weighted by Crippen LogP contribution is 2.37. The summed E-state index contributed by atoms with van der Waals surface area (Å²) in [5, 5.41) is 10.3. The van der Waals surface area contributed by atoms with Crippen molar-refractivity contribution in [3.8, 4) is 0 Å². The lowest BCUT2D eigenvalue weighted by Gasteiger charge is -2.39. The normalized spacial score (nSPS) is 24.1. The second-order valence-electron chi connectivity index (χ2n) is 9.68. The molecule has 1 saturated carbocycles. The maximum atomic E-state index is 13.7. The molecule has 2 heterocycles. The zero-order valence-electron chi connectivity index (χ0n) is 20.2. The fourth-order valence-electron chi connectivity index (χ4n) is 5.49. The Bertz CT molecular complexity index is 906. The fraction of sp³-hybridized carbons (Fsp3) is 0.680. The molecule has 1 aliphatic carbocycles. The Morgan fingerprint density at radius 3 is 2.56 bits per heavy atom. The molecule has 2 amide bonds. The number of anilines is 1. The molecule has 1 aromatic rings. The highest BCUT2D eigenvalue weighted by Gasteiger charge is 2.31. The number of amides is 2. The summed E-state index contributed by atoms with van der Waals surface area (Å²) < 4.78 is 27.9. The number of fused-ring (bicyclic) bond motifs is 1. The monoisotopic (exact) mass is 539 g/mol. The number of carbonyl (C=O) groups is 1. The van der Waals surface area contributed by atoms with Gasteiger partial charge in [0.1, 0.15) is 5.84 Å². The van der Waals surface area contributed by atoms with Gasteiger partial charge in [-0.05, 0) is 56.7 Å². The fourth-order valence-corrected chi connectivity index (χ4v) is 6.06. The van der Waals surface area contributed by atoms with Crippen LogP contribution in [0.2, 0.25) is 0 Å². The van der Waals surface area contributed by atoms with Gasteiger partial charge in [0.05, 0.1) is 0 Å². The van der Waals surface area contributed by atoms with E-state index in [-0.39, 0.29) is 17.6 Å². The Balaban J connectivity index is 1.74. The number of nitrogens with zero attached hydrogens (tertiary/aromatic N) is 4. The number of hydrogen-bond donors (Lipinski definition) is 1. The van der Waals surface area contributed by atoms with Gasteiger partial charge in [-0.25, -0.2) is 13.6 Å². The van der Waals surface area contributed by atoms with Crippen LogP contribution in [0.25, 0.3) is 0 Å². The number of alkyl halides is 2. The highest BCUT2D eigenvalue weighted by atomic mass is 79.9. The SMILES string of the molecule is CNC(=O)N1CC/C(N2CCCc3cc(Br)c(C(F)F)cc32)=N\N(C2CCCCC2)C(C)CC1. The number of benzene rings is 1. The highest BCUT2D eigenvalue weighted by molar-refractivity contribution is 9.10. The minimum absolute atomic E-state index is 0.0128. The Labute approximate surface area is 209 Å². The van der Waals surface area contributed by atoms with E-state index >= 15 is 0 Å². The number of halogens is 3. The van der Waals surface area contributed by atoms with Crippen LogP contribution in [0.3, 0.4) is 0 Å². The summed E-state index contributed by atoms with van der Waals surface area (Å²) in [5.74, 6) is 0.872. The number of hydrazone groups is 1. The molecule has 188 valence electrons. The van der Waals surface area contributed by atoms with Gasteiger partial charge in [0.25, 0.3) is 6.43 Å². The Hall–Kier alpha value is -1.90. The summed E-state index contributed by atoms with van der Waals surface area (Å²) in [5.41, 5.74) is 1.90. The van der Waals surface area contributed by atoms with Gasteiger partial charge in [-0.2, -0.15) is 5.10 Å². The van der Waals surface area contributed by atoms with Crippen LogP contribution in [0.1, 0.15) is 75.8 Å². The molecule has 1 N–H and O–H groups in total. The van der Waals surface area contributed by atoms with Crippen LogP contribution in [0.15, 0.2) is 21.7 Å². The molecule has 4 rings (SSSR count). The molecule has 34 heavy (non-hydrogen) atoms. The number of rotatable bonds is 2.